The second-order valence-electron chi connectivity index (χ2n) is 11.7. The molecule has 1 aromatic heterocycles. The summed E-state index contributed by atoms with van der Waals surface area (Å²) in [6.07, 6.45) is -12.3. The minimum Gasteiger partial charge on any atom is -0.507 e. The zero-order valence-corrected chi connectivity index (χ0v) is 25.3. The molecule has 0 bridgehead atoms. The van der Waals surface area contributed by atoms with Crippen LogP contribution in [0.1, 0.15) is 26.3 Å². The number of rotatable bonds is 8. The van der Waals surface area contributed by atoms with Gasteiger partial charge in [-0.1, -0.05) is 11.6 Å². The van der Waals surface area contributed by atoms with E-state index in [1.165, 1.54) is 25.1 Å². The molecule has 10 atom stereocenters. The number of aliphatic hydroxyl groups is 6. The summed E-state index contributed by atoms with van der Waals surface area (Å²) in [5.74, 6) is -0.304. The van der Waals surface area contributed by atoms with Gasteiger partial charge in [0.05, 0.1) is 12.7 Å². The number of hydrogen-bond acceptors (Lipinski definition) is 14. The van der Waals surface area contributed by atoms with E-state index in [0.717, 1.165) is 11.6 Å². The molecule has 14 nitrogen and oxygen atoms in total. The van der Waals surface area contributed by atoms with Crippen molar-refractivity contribution < 1.29 is 64.2 Å². The highest BCUT2D eigenvalue weighted by Gasteiger charge is 2.47. The second-order valence-corrected chi connectivity index (χ2v) is 11.7. The highest BCUT2D eigenvalue weighted by Crippen LogP contribution is 2.36. The number of hydrogen-bond donors (Lipinski definition) is 8. The summed E-state index contributed by atoms with van der Waals surface area (Å²) in [4.78, 5) is 13.0. The second kappa shape index (κ2) is 13.7. The summed E-state index contributed by atoms with van der Waals surface area (Å²) in [5, 5.41) is 82.3. The predicted molar refractivity (Wildman–Crippen MR) is 160 cm³/mol. The molecule has 250 valence electrons. The molecule has 0 amide bonds. The van der Waals surface area contributed by atoms with Crippen LogP contribution in [0.15, 0.2) is 57.3 Å². The minimum absolute atomic E-state index is 0.0450. The number of phenols is 2. The van der Waals surface area contributed by atoms with Gasteiger partial charge in [-0.3, -0.25) is 4.79 Å². The molecule has 8 N–H and O–H groups in total. The average Bonchev–Trinajstić information content (AvgIpc) is 3.01. The first-order valence-electron chi connectivity index (χ1n) is 14.7. The normalized spacial score (nSPS) is 31.5. The van der Waals surface area contributed by atoms with Crippen molar-refractivity contribution in [3.8, 4) is 28.6 Å². The van der Waals surface area contributed by atoms with Gasteiger partial charge in [0.15, 0.2) is 11.7 Å². The molecule has 0 saturated carbocycles. The Balaban J connectivity index is 1.32. The van der Waals surface area contributed by atoms with Crippen molar-refractivity contribution in [1.82, 2.24) is 0 Å². The first-order valence-corrected chi connectivity index (χ1v) is 14.7. The largest absolute Gasteiger partial charge is 0.507 e. The Bertz CT molecular complexity index is 1610. The fourth-order valence-electron chi connectivity index (χ4n) is 5.32. The van der Waals surface area contributed by atoms with E-state index in [0.29, 0.717) is 11.1 Å². The van der Waals surface area contributed by atoms with Gasteiger partial charge in [-0.15, -0.1) is 0 Å². The number of aliphatic hydroxyl groups excluding tert-OH is 6. The van der Waals surface area contributed by atoms with Crippen LogP contribution in [0.4, 0.5) is 0 Å². The van der Waals surface area contributed by atoms with E-state index < -0.39 is 79.2 Å². The molecule has 5 rings (SSSR count). The Morgan fingerprint density at radius 2 is 1.48 bits per heavy atom. The van der Waals surface area contributed by atoms with Gasteiger partial charge in [-0.05, 0) is 51.5 Å². The topological polar surface area (TPSA) is 229 Å². The molecule has 2 fully saturated rings. The SMILES string of the molecule is CC(C)=CCc1c(O)cc(O)c2c(=O)cc(-c3ccc(O[C@@H]4O[C@H](CO[C@@H]5O[C@@H](C)[C@H](O)[C@@H](O)[C@H]5O)[C@@H](O)[C@H](O)[C@H]4O)cc3)oc12. The number of phenolic OH excluding ortho intramolecular Hbond substituents is 2. The van der Waals surface area contributed by atoms with Gasteiger partial charge in [0.1, 0.15) is 76.7 Å². The average molecular weight is 647 g/mol. The van der Waals surface area contributed by atoms with Gasteiger partial charge in [-0.25, -0.2) is 0 Å². The predicted octanol–water partition coefficient (Wildman–Crippen LogP) is 0.410. The van der Waals surface area contributed by atoms with Crippen LogP contribution in [0, 0.1) is 0 Å². The third-order valence-electron chi connectivity index (χ3n) is 8.07. The standard InChI is InChI=1S/C32H38O14/c1-13(2)4-9-17-18(33)10-19(34)23-20(35)11-21(45-30(17)23)15-5-7-16(8-6-15)44-32-29(41)27(39)25(37)22(46-32)12-42-31-28(40)26(38)24(36)14(3)43-31/h4-8,10-11,14,22,24-29,31-34,36-41H,9,12H2,1-3H3/t14-,22+,24-,25+,26+,27-,28+,29+,31+,32+/m0/s1. The van der Waals surface area contributed by atoms with E-state index in [9.17, 15) is 45.6 Å². The van der Waals surface area contributed by atoms with E-state index >= 15 is 0 Å². The Hall–Kier alpha value is -3.57. The molecule has 2 aliphatic heterocycles. The monoisotopic (exact) mass is 646 g/mol. The summed E-state index contributed by atoms with van der Waals surface area (Å²) in [5.41, 5.74) is 1.29. The van der Waals surface area contributed by atoms with Gasteiger partial charge in [-0.2, -0.15) is 0 Å². The summed E-state index contributed by atoms with van der Waals surface area (Å²) in [6, 6.07) is 8.41. The highest BCUT2D eigenvalue weighted by atomic mass is 16.7. The van der Waals surface area contributed by atoms with E-state index in [4.69, 9.17) is 23.4 Å². The van der Waals surface area contributed by atoms with Crippen LogP contribution in [0.3, 0.4) is 0 Å². The van der Waals surface area contributed by atoms with Gasteiger partial charge < -0.3 is 64.2 Å². The molecule has 46 heavy (non-hydrogen) atoms. The van der Waals surface area contributed by atoms with Crippen molar-refractivity contribution >= 4 is 11.0 Å². The maximum Gasteiger partial charge on any atom is 0.229 e. The first-order chi connectivity index (χ1) is 21.8. The van der Waals surface area contributed by atoms with Gasteiger partial charge in [0.2, 0.25) is 6.29 Å². The Morgan fingerprint density at radius 3 is 2.15 bits per heavy atom. The van der Waals surface area contributed by atoms with E-state index in [-0.39, 0.29) is 34.6 Å². The molecule has 0 radical (unpaired) electrons. The summed E-state index contributed by atoms with van der Waals surface area (Å²) >= 11 is 0. The molecule has 0 aliphatic carbocycles. The van der Waals surface area contributed by atoms with Crippen LogP contribution in [-0.2, 0) is 20.6 Å². The molecule has 2 saturated heterocycles. The molecule has 0 unspecified atom stereocenters. The highest BCUT2D eigenvalue weighted by molar-refractivity contribution is 5.89. The fraction of sp³-hybridized carbons (Fsp3) is 0.469. The van der Waals surface area contributed by atoms with Crippen molar-refractivity contribution in [2.75, 3.05) is 6.61 Å². The number of aromatic hydroxyl groups is 2. The molecule has 0 spiro atoms. The zero-order valence-electron chi connectivity index (χ0n) is 25.3. The van der Waals surface area contributed by atoms with Crippen LogP contribution in [-0.4, -0.2) is 109 Å². The number of ether oxygens (including phenoxy) is 4. The Morgan fingerprint density at radius 1 is 0.826 bits per heavy atom. The van der Waals surface area contributed by atoms with E-state index in [1.807, 2.05) is 19.9 Å². The van der Waals surface area contributed by atoms with Crippen LogP contribution >= 0.6 is 0 Å². The van der Waals surface area contributed by atoms with Crippen molar-refractivity contribution in [2.24, 2.45) is 0 Å². The van der Waals surface area contributed by atoms with Crippen molar-refractivity contribution in [3.63, 3.8) is 0 Å². The number of benzene rings is 2. The molecule has 3 aromatic rings. The van der Waals surface area contributed by atoms with Crippen molar-refractivity contribution in [3.05, 3.63) is 63.8 Å². The Labute approximate surface area is 262 Å². The van der Waals surface area contributed by atoms with Crippen molar-refractivity contribution in [2.45, 2.75) is 88.6 Å². The summed E-state index contributed by atoms with van der Waals surface area (Å²) < 4.78 is 28.3. The van der Waals surface area contributed by atoms with Crippen LogP contribution in [0.2, 0.25) is 0 Å². The van der Waals surface area contributed by atoms with E-state index in [1.54, 1.807) is 12.1 Å². The molecule has 3 heterocycles. The third kappa shape index (κ3) is 6.76. The summed E-state index contributed by atoms with van der Waals surface area (Å²) in [6.45, 7) is 4.80. The molecule has 2 aromatic carbocycles. The lowest BCUT2D eigenvalue weighted by Crippen LogP contribution is -2.61. The van der Waals surface area contributed by atoms with Gasteiger partial charge in [0, 0.05) is 23.3 Å². The smallest absolute Gasteiger partial charge is 0.229 e. The maximum absolute atomic E-state index is 13.0. The van der Waals surface area contributed by atoms with E-state index in [2.05, 4.69) is 0 Å². The molecular formula is C32H38O14. The Kier molecular flexibility index (Phi) is 10.0. The van der Waals surface area contributed by atoms with Crippen molar-refractivity contribution in [1.29, 1.82) is 0 Å². The maximum atomic E-state index is 13.0. The lowest BCUT2D eigenvalue weighted by Gasteiger charge is -2.42. The summed E-state index contributed by atoms with van der Waals surface area (Å²) in [7, 11) is 0. The van der Waals surface area contributed by atoms with Gasteiger partial charge in [0.25, 0.3) is 0 Å². The molecular weight excluding hydrogens is 608 g/mol. The zero-order chi connectivity index (χ0) is 33.4. The van der Waals surface area contributed by atoms with Crippen LogP contribution in [0.5, 0.6) is 17.2 Å². The van der Waals surface area contributed by atoms with Crippen LogP contribution < -0.4 is 10.2 Å². The fourth-order valence-corrected chi connectivity index (χ4v) is 5.32. The number of fused-ring (bicyclic) bond motifs is 1. The third-order valence-corrected chi connectivity index (χ3v) is 8.07. The van der Waals surface area contributed by atoms with Crippen LogP contribution in [0.25, 0.3) is 22.3 Å². The lowest BCUT2D eigenvalue weighted by molar-refractivity contribution is -0.318. The molecule has 14 heteroatoms. The van der Waals surface area contributed by atoms with Gasteiger partial charge >= 0.3 is 0 Å². The quantitative estimate of drug-likeness (QED) is 0.155. The first kappa shape index (κ1) is 33.8. The minimum atomic E-state index is -1.70. The molecule has 2 aliphatic rings. The lowest BCUT2D eigenvalue weighted by atomic mass is 9.98. The number of allylic oxidation sites excluding steroid dienone is 2.